The maximum atomic E-state index is 11.5. The molecule has 5 nitrogen and oxygen atoms in total. The summed E-state index contributed by atoms with van der Waals surface area (Å²) < 4.78 is 0. The molecule has 1 heterocycles. The SMILES string of the molecule is CC(C)c1ccc(-c2csc(Nc3ccc([O-])c(C(=O)O)c3)n2)cc1. The van der Waals surface area contributed by atoms with E-state index >= 15 is 0 Å². The van der Waals surface area contributed by atoms with Gasteiger partial charge in [-0.2, -0.15) is 0 Å². The molecule has 2 N–H and O–H groups in total. The number of benzene rings is 2. The van der Waals surface area contributed by atoms with Gasteiger partial charge in [-0.3, -0.25) is 0 Å². The number of nitrogens with one attached hydrogen (secondary N) is 1. The molecular weight excluding hydrogens is 336 g/mol. The minimum absolute atomic E-state index is 0.258. The van der Waals surface area contributed by atoms with Crippen LogP contribution in [0.2, 0.25) is 0 Å². The minimum atomic E-state index is -1.24. The Balaban J connectivity index is 1.80. The summed E-state index contributed by atoms with van der Waals surface area (Å²) in [5, 5.41) is 26.2. The fourth-order valence-corrected chi connectivity index (χ4v) is 3.14. The number of thiazole rings is 1. The van der Waals surface area contributed by atoms with E-state index in [0.29, 0.717) is 16.7 Å². The molecule has 2 aromatic carbocycles. The van der Waals surface area contributed by atoms with Gasteiger partial charge in [-0.05, 0) is 23.6 Å². The Morgan fingerprint density at radius 3 is 2.56 bits per heavy atom. The van der Waals surface area contributed by atoms with E-state index in [-0.39, 0.29) is 5.56 Å². The van der Waals surface area contributed by atoms with Gasteiger partial charge in [-0.25, -0.2) is 9.78 Å². The van der Waals surface area contributed by atoms with Crippen molar-refractivity contribution in [2.45, 2.75) is 19.8 Å². The highest BCUT2D eigenvalue weighted by atomic mass is 32.1. The van der Waals surface area contributed by atoms with Crippen molar-refractivity contribution in [2.24, 2.45) is 0 Å². The molecule has 3 aromatic rings. The molecule has 6 heteroatoms. The molecule has 128 valence electrons. The molecule has 0 radical (unpaired) electrons. The highest BCUT2D eigenvalue weighted by Gasteiger charge is 2.08. The fraction of sp³-hybridized carbons (Fsp3) is 0.158. The van der Waals surface area contributed by atoms with Crippen LogP contribution in [0.5, 0.6) is 5.75 Å². The molecule has 0 aliphatic rings. The maximum absolute atomic E-state index is 11.5. The van der Waals surface area contributed by atoms with Gasteiger partial charge in [0.25, 0.3) is 0 Å². The molecule has 0 atom stereocenters. The topological polar surface area (TPSA) is 85.3 Å². The van der Waals surface area contributed by atoms with Crippen molar-refractivity contribution < 1.29 is 15.0 Å². The van der Waals surface area contributed by atoms with Crippen LogP contribution >= 0.6 is 11.3 Å². The largest absolute Gasteiger partial charge is 0.872 e. The van der Waals surface area contributed by atoms with Crippen LogP contribution < -0.4 is 10.4 Å². The molecule has 0 amide bonds. The number of carboxylic acids is 1. The predicted molar refractivity (Wildman–Crippen MR) is 97.8 cm³/mol. The lowest BCUT2D eigenvalue weighted by Gasteiger charge is -2.11. The third kappa shape index (κ3) is 3.80. The Labute approximate surface area is 149 Å². The van der Waals surface area contributed by atoms with Gasteiger partial charge >= 0.3 is 5.97 Å². The van der Waals surface area contributed by atoms with E-state index in [9.17, 15) is 9.90 Å². The predicted octanol–water partition coefficient (Wildman–Crippen LogP) is 4.45. The number of carboxylic acid groups (broad SMARTS) is 1. The van der Waals surface area contributed by atoms with Gasteiger partial charge in [0.05, 0.1) is 11.3 Å². The second kappa shape index (κ2) is 6.94. The Hall–Kier alpha value is -2.86. The van der Waals surface area contributed by atoms with E-state index < -0.39 is 11.7 Å². The Kier molecular flexibility index (Phi) is 4.72. The first-order chi connectivity index (χ1) is 11.9. The third-order valence-corrected chi connectivity index (χ3v) is 4.60. The highest BCUT2D eigenvalue weighted by molar-refractivity contribution is 7.14. The highest BCUT2D eigenvalue weighted by Crippen LogP contribution is 2.29. The number of aromatic nitrogens is 1. The molecule has 25 heavy (non-hydrogen) atoms. The summed E-state index contributed by atoms with van der Waals surface area (Å²) in [6.07, 6.45) is 0. The van der Waals surface area contributed by atoms with Gasteiger partial charge in [0.1, 0.15) is 0 Å². The van der Waals surface area contributed by atoms with Gasteiger partial charge in [0, 0.05) is 16.6 Å². The zero-order valence-corrected chi connectivity index (χ0v) is 14.6. The number of aromatic carboxylic acids is 1. The fourth-order valence-electron chi connectivity index (χ4n) is 2.40. The summed E-state index contributed by atoms with van der Waals surface area (Å²) in [5.74, 6) is -1.27. The second-order valence-corrected chi connectivity index (χ2v) is 6.81. The molecule has 0 aliphatic carbocycles. The van der Waals surface area contributed by atoms with Crippen molar-refractivity contribution in [3.8, 4) is 17.0 Å². The number of anilines is 2. The van der Waals surface area contributed by atoms with Crippen molar-refractivity contribution in [1.29, 1.82) is 0 Å². The quantitative estimate of drug-likeness (QED) is 0.708. The first kappa shape index (κ1) is 17.0. The monoisotopic (exact) mass is 353 g/mol. The maximum Gasteiger partial charge on any atom is 0.335 e. The Morgan fingerprint density at radius 2 is 1.92 bits per heavy atom. The Morgan fingerprint density at radius 1 is 1.20 bits per heavy atom. The summed E-state index contributed by atoms with van der Waals surface area (Å²) in [5.41, 5.74) is 3.41. The van der Waals surface area contributed by atoms with Crippen molar-refractivity contribution in [3.63, 3.8) is 0 Å². The number of hydrogen-bond acceptors (Lipinski definition) is 5. The van der Waals surface area contributed by atoms with E-state index in [2.05, 4.69) is 36.3 Å². The van der Waals surface area contributed by atoms with Crippen LogP contribution in [0.4, 0.5) is 10.8 Å². The lowest BCUT2D eigenvalue weighted by atomic mass is 10.0. The van der Waals surface area contributed by atoms with Gasteiger partial charge in [-0.1, -0.05) is 49.9 Å². The van der Waals surface area contributed by atoms with Crippen molar-refractivity contribution in [2.75, 3.05) is 5.32 Å². The van der Waals surface area contributed by atoms with E-state index in [1.54, 1.807) is 6.07 Å². The zero-order valence-electron chi connectivity index (χ0n) is 13.8. The Bertz CT molecular complexity index is 901. The summed E-state index contributed by atoms with van der Waals surface area (Å²) in [6, 6.07) is 12.4. The minimum Gasteiger partial charge on any atom is -0.872 e. The van der Waals surface area contributed by atoms with Crippen LogP contribution in [0.1, 0.15) is 35.7 Å². The van der Waals surface area contributed by atoms with Crippen LogP contribution in [0.15, 0.2) is 47.8 Å². The van der Waals surface area contributed by atoms with Crippen LogP contribution in [0.3, 0.4) is 0 Å². The molecule has 0 saturated carbocycles. The number of rotatable bonds is 5. The summed E-state index contributed by atoms with van der Waals surface area (Å²) >= 11 is 1.42. The van der Waals surface area contributed by atoms with Crippen molar-refractivity contribution in [1.82, 2.24) is 4.98 Å². The van der Waals surface area contributed by atoms with Gasteiger partial charge < -0.3 is 15.5 Å². The normalized spacial score (nSPS) is 10.8. The number of carbonyl (C=O) groups is 1. The third-order valence-electron chi connectivity index (χ3n) is 3.84. The van der Waals surface area contributed by atoms with E-state index in [1.807, 2.05) is 17.5 Å². The average molecular weight is 353 g/mol. The molecule has 0 unspecified atom stereocenters. The number of nitrogens with zero attached hydrogens (tertiary/aromatic N) is 1. The van der Waals surface area contributed by atoms with Crippen molar-refractivity contribution >= 4 is 28.1 Å². The first-order valence-electron chi connectivity index (χ1n) is 7.81. The van der Waals surface area contributed by atoms with Gasteiger partial charge in [0.2, 0.25) is 0 Å². The molecule has 0 bridgehead atoms. The molecule has 0 spiro atoms. The van der Waals surface area contributed by atoms with Crippen LogP contribution in [-0.2, 0) is 0 Å². The van der Waals surface area contributed by atoms with Gasteiger partial charge in [0.15, 0.2) is 5.13 Å². The molecule has 0 saturated heterocycles. The average Bonchev–Trinajstić information content (AvgIpc) is 3.05. The summed E-state index contributed by atoms with van der Waals surface area (Å²) in [4.78, 5) is 15.6. The lowest BCUT2D eigenvalue weighted by molar-refractivity contribution is -0.268. The summed E-state index contributed by atoms with van der Waals surface area (Å²) in [7, 11) is 0. The van der Waals surface area contributed by atoms with E-state index in [1.165, 1.54) is 29.0 Å². The second-order valence-electron chi connectivity index (χ2n) is 5.96. The molecule has 0 aliphatic heterocycles. The zero-order chi connectivity index (χ0) is 18.0. The standard InChI is InChI=1S/C19H18N2O3S/c1-11(2)12-3-5-13(6-4-12)16-10-25-19(21-16)20-14-7-8-17(22)15(9-14)18(23)24/h3-11,22H,1-2H3,(H,20,21)(H,23,24)/p-1. The van der Waals surface area contributed by atoms with Crippen molar-refractivity contribution in [3.05, 3.63) is 59.0 Å². The van der Waals surface area contributed by atoms with Crippen LogP contribution in [0, 0.1) is 0 Å². The number of hydrogen-bond donors (Lipinski definition) is 2. The van der Waals surface area contributed by atoms with Crippen LogP contribution in [-0.4, -0.2) is 16.1 Å². The lowest BCUT2D eigenvalue weighted by Crippen LogP contribution is -2.04. The van der Waals surface area contributed by atoms with E-state index in [4.69, 9.17) is 5.11 Å². The molecular formula is C19H17N2O3S-. The molecule has 0 fully saturated rings. The summed E-state index contributed by atoms with van der Waals surface area (Å²) in [6.45, 7) is 4.30. The molecule has 1 aromatic heterocycles. The molecule has 3 rings (SSSR count). The smallest absolute Gasteiger partial charge is 0.335 e. The van der Waals surface area contributed by atoms with E-state index in [0.717, 1.165) is 11.3 Å². The van der Waals surface area contributed by atoms with Crippen LogP contribution in [0.25, 0.3) is 11.3 Å². The first-order valence-corrected chi connectivity index (χ1v) is 8.69. The van der Waals surface area contributed by atoms with Gasteiger partial charge in [-0.15, -0.1) is 11.3 Å².